The van der Waals surface area contributed by atoms with E-state index in [1.165, 1.54) is 59.1 Å². The number of nitrogens with one attached hydrogen (secondary N) is 3. The molecule has 1 aliphatic rings. The minimum atomic E-state index is -1.83. The highest BCUT2D eigenvalue weighted by molar-refractivity contribution is 7.16. The fourth-order valence-electron chi connectivity index (χ4n) is 5.33. The lowest BCUT2D eigenvalue weighted by molar-refractivity contribution is -0.271. The van der Waals surface area contributed by atoms with Gasteiger partial charge in [-0.2, -0.15) is 0 Å². The SMILES string of the molecule is CC(=O)Oc1ccccc1C(=O)Nc1ncc(C)s1.Cc1cnc(NC(=O)c2ccccc2O)s1.Cc1cnc(NC(=O)c2ccccc2OC2OC(C(=O)O)C(O)C(O)C2O)s1. The first-order valence-electron chi connectivity index (χ1n) is 18.5. The second-order valence-electron chi connectivity index (χ2n) is 13.1. The number of carboxylic acids is 1. The number of hydrogen-bond acceptors (Lipinski definition) is 18. The summed E-state index contributed by atoms with van der Waals surface area (Å²) < 4.78 is 15.5. The molecule has 19 nitrogen and oxygen atoms in total. The summed E-state index contributed by atoms with van der Waals surface area (Å²) in [6.45, 7) is 6.94. The van der Waals surface area contributed by atoms with Gasteiger partial charge in [-0.05, 0) is 57.2 Å². The Bertz CT molecular complexity index is 2560. The molecule has 7 rings (SSSR count). The fourth-order valence-corrected chi connectivity index (χ4v) is 7.30. The van der Waals surface area contributed by atoms with Crippen LogP contribution in [0.25, 0.3) is 0 Å². The summed E-state index contributed by atoms with van der Waals surface area (Å²) in [6, 6.07) is 19.0. The molecule has 5 atom stereocenters. The molecule has 3 aromatic carbocycles. The zero-order chi connectivity index (χ0) is 45.8. The first-order valence-corrected chi connectivity index (χ1v) is 20.9. The number of aliphatic hydroxyl groups excluding tert-OH is 3. The monoisotopic (exact) mass is 920 g/mol. The molecule has 3 amide bonds. The van der Waals surface area contributed by atoms with E-state index in [0.717, 1.165) is 14.6 Å². The summed E-state index contributed by atoms with van der Waals surface area (Å²) in [7, 11) is 0. The van der Waals surface area contributed by atoms with E-state index < -0.39 is 48.6 Å². The third-order valence-electron chi connectivity index (χ3n) is 8.25. The Morgan fingerprint density at radius 3 is 1.44 bits per heavy atom. The Morgan fingerprint density at radius 2 is 1.02 bits per heavy atom. The number of hydrogen-bond donors (Lipinski definition) is 8. The standard InChI is InChI=1S/C17H18N2O8S.C13H12N2O3S.C11H10N2O2S/c1-7-6-18-17(28-7)19-14(23)8-4-2-3-5-9(8)26-16-12(22)10(20)11(21)13(27-16)15(24)25;1-8-7-14-13(19-8)15-12(17)10-5-3-4-6-11(10)18-9(2)16;1-7-6-12-11(16-7)13-10(15)8-4-2-3-5-9(8)14/h2-6,10-13,16,20-22H,1H3,(H,24,25)(H,18,19,23);3-7H,1-2H3,(H,14,15,17);2-6,14H,1H3,(H,12,13,15). The number of esters is 1. The highest BCUT2D eigenvalue weighted by Gasteiger charge is 2.48. The minimum Gasteiger partial charge on any atom is -0.507 e. The van der Waals surface area contributed by atoms with Gasteiger partial charge in [0.1, 0.15) is 35.6 Å². The second-order valence-corrected chi connectivity index (χ2v) is 16.9. The lowest BCUT2D eigenvalue weighted by Crippen LogP contribution is -2.61. The van der Waals surface area contributed by atoms with Gasteiger partial charge >= 0.3 is 11.9 Å². The van der Waals surface area contributed by atoms with Gasteiger partial charge in [-0.15, -0.1) is 34.0 Å². The molecule has 3 aromatic heterocycles. The number of thiazole rings is 3. The number of aromatic nitrogens is 3. The van der Waals surface area contributed by atoms with Crippen molar-refractivity contribution in [2.75, 3.05) is 16.0 Å². The number of carbonyl (C=O) groups excluding carboxylic acids is 4. The Hall–Kier alpha value is -6.66. The molecule has 63 heavy (non-hydrogen) atoms. The van der Waals surface area contributed by atoms with Crippen LogP contribution in [0.1, 0.15) is 52.6 Å². The number of phenols is 1. The van der Waals surface area contributed by atoms with Crippen molar-refractivity contribution in [3.63, 3.8) is 0 Å². The maximum absolute atomic E-state index is 12.5. The van der Waals surface area contributed by atoms with E-state index >= 15 is 0 Å². The zero-order valence-electron chi connectivity index (χ0n) is 33.6. The Morgan fingerprint density at radius 1 is 0.603 bits per heavy atom. The number of amides is 3. The summed E-state index contributed by atoms with van der Waals surface area (Å²) in [4.78, 5) is 73.6. The average molecular weight is 921 g/mol. The van der Waals surface area contributed by atoms with Crippen LogP contribution in [0.4, 0.5) is 15.4 Å². The predicted octanol–water partition coefficient (Wildman–Crippen LogP) is 5.01. The van der Waals surface area contributed by atoms with Gasteiger partial charge < -0.3 is 39.7 Å². The highest BCUT2D eigenvalue weighted by atomic mass is 32.1. The lowest BCUT2D eigenvalue weighted by Gasteiger charge is -2.38. The smallest absolute Gasteiger partial charge is 0.335 e. The van der Waals surface area contributed by atoms with Gasteiger partial charge in [-0.25, -0.2) is 19.7 Å². The fraction of sp³-hybridized carbons (Fsp3) is 0.220. The molecule has 330 valence electrons. The van der Waals surface area contributed by atoms with Crippen molar-refractivity contribution in [1.29, 1.82) is 0 Å². The normalized spacial score (nSPS) is 17.7. The van der Waals surface area contributed by atoms with Crippen molar-refractivity contribution >= 4 is 79.1 Å². The lowest BCUT2D eigenvalue weighted by atomic mass is 9.99. The van der Waals surface area contributed by atoms with Crippen LogP contribution in [0.3, 0.4) is 0 Å². The first kappa shape index (κ1) is 47.4. The molecular formula is C41H40N6O13S3. The maximum atomic E-state index is 12.5. The van der Waals surface area contributed by atoms with Gasteiger partial charge in [0, 0.05) is 40.1 Å². The first-order chi connectivity index (χ1) is 30.0. The molecule has 8 N–H and O–H groups in total. The van der Waals surface area contributed by atoms with Gasteiger partial charge in [0.25, 0.3) is 17.7 Å². The van der Waals surface area contributed by atoms with Crippen LogP contribution in [0.15, 0.2) is 91.4 Å². The number of carboxylic acid groups (broad SMARTS) is 1. The Balaban J connectivity index is 0.000000187. The quantitative estimate of drug-likeness (QED) is 0.0662. The zero-order valence-corrected chi connectivity index (χ0v) is 36.1. The van der Waals surface area contributed by atoms with Crippen molar-refractivity contribution in [3.8, 4) is 17.2 Å². The molecule has 22 heteroatoms. The molecule has 0 aliphatic carbocycles. The van der Waals surface area contributed by atoms with Crippen LogP contribution in [0.5, 0.6) is 17.2 Å². The average Bonchev–Trinajstić information content (AvgIpc) is 3.98. The molecule has 1 saturated heterocycles. The number of aromatic hydroxyl groups is 1. The minimum absolute atomic E-state index is 0.00921. The number of aliphatic carboxylic acids is 1. The molecule has 6 aromatic rings. The maximum Gasteiger partial charge on any atom is 0.335 e. The number of rotatable bonds is 10. The highest BCUT2D eigenvalue weighted by Crippen LogP contribution is 2.28. The van der Waals surface area contributed by atoms with E-state index in [2.05, 4.69) is 30.9 Å². The van der Waals surface area contributed by atoms with E-state index in [1.54, 1.807) is 73.2 Å². The number of carbonyl (C=O) groups is 5. The van der Waals surface area contributed by atoms with Crippen molar-refractivity contribution in [2.24, 2.45) is 0 Å². The molecular weight excluding hydrogens is 881 g/mol. The van der Waals surface area contributed by atoms with E-state index in [-0.39, 0.29) is 40.2 Å². The summed E-state index contributed by atoms with van der Waals surface area (Å²) in [6.07, 6.45) is -3.82. The van der Waals surface area contributed by atoms with Gasteiger partial charge in [-0.3, -0.25) is 35.1 Å². The van der Waals surface area contributed by atoms with E-state index in [9.17, 15) is 44.4 Å². The van der Waals surface area contributed by atoms with Gasteiger partial charge in [-0.1, -0.05) is 36.4 Å². The molecule has 0 saturated carbocycles. The van der Waals surface area contributed by atoms with Crippen LogP contribution in [-0.2, 0) is 14.3 Å². The number of aryl methyl sites for hydroxylation is 3. The van der Waals surface area contributed by atoms with Gasteiger partial charge in [0.15, 0.2) is 21.5 Å². The molecule has 0 radical (unpaired) electrons. The Labute approximate surface area is 370 Å². The number of benzene rings is 3. The van der Waals surface area contributed by atoms with E-state index in [0.29, 0.717) is 21.0 Å². The van der Waals surface area contributed by atoms with Crippen LogP contribution in [0.2, 0.25) is 0 Å². The molecule has 5 unspecified atom stereocenters. The summed E-state index contributed by atoms with van der Waals surface area (Å²) in [5.41, 5.74) is 0.625. The van der Waals surface area contributed by atoms with Crippen LogP contribution >= 0.6 is 34.0 Å². The molecule has 1 aliphatic heterocycles. The topological polar surface area (TPSA) is 289 Å². The summed E-state index contributed by atoms with van der Waals surface area (Å²) in [5, 5.41) is 57.6. The third-order valence-corrected chi connectivity index (χ3v) is 10.7. The predicted molar refractivity (Wildman–Crippen MR) is 232 cm³/mol. The van der Waals surface area contributed by atoms with Gasteiger partial charge in [0.05, 0.1) is 16.7 Å². The number of ether oxygens (including phenoxy) is 3. The van der Waals surface area contributed by atoms with Crippen molar-refractivity contribution in [1.82, 2.24) is 15.0 Å². The van der Waals surface area contributed by atoms with Gasteiger partial charge in [0.2, 0.25) is 6.29 Å². The van der Waals surface area contributed by atoms with Crippen LogP contribution < -0.4 is 25.4 Å². The van der Waals surface area contributed by atoms with Crippen LogP contribution in [-0.4, -0.2) is 101 Å². The van der Waals surface area contributed by atoms with E-state index in [1.807, 2.05) is 20.8 Å². The van der Waals surface area contributed by atoms with Crippen LogP contribution in [0, 0.1) is 20.8 Å². The van der Waals surface area contributed by atoms with Crippen molar-refractivity contribution in [3.05, 3.63) is 123 Å². The number of aliphatic hydroxyl groups is 3. The molecule has 1 fully saturated rings. The molecule has 0 bridgehead atoms. The van der Waals surface area contributed by atoms with Crippen molar-refractivity contribution < 1.29 is 63.7 Å². The number of nitrogens with zero attached hydrogens (tertiary/aromatic N) is 3. The molecule has 0 spiro atoms. The second kappa shape index (κ2) is 21.9. The largest absolute Gasteiger partial charge is 0.507 e. The molecule has 4 heterocycles. The number of para-hydroxylation sites is 3. The summed E-state index contributed by atoms with van der Waals surface area (Å²) >= 11 is 4.05. The number of anilines is 3. The Kier molecular flexibility index (Phi) is 16.5. The third kappa shape index (κ3) is 13.2. The number of phenolic OH excluding ortho intramolecular Hbond substituents is 1. The summed E-state index contributed by atoms with van der Waals surface area (Å²) in [5.74, 6) is -3.05. The van der Waals surface area contributed by atoms with Crippen molar-refractivity contribution in [2.45, 2.75) is 58.4 Å². The van der Waals surface area contributed by atoms with E-state index in [4.69, 9.17) is 19.3 Å².